The van der Waals surface area contributed by atoms with E-state index in [0.717, 1.165) is 42.5 Å². The van der Waals surface area contributed by atoms with Crippen molar-refractivity contribution in [2.75, 3.05) is 25.5 Å². The lowest BCUT2D eigenvalue weighted by molar-refractivity contribution is -0.133. The van der Waals surface area contributed by atoms with Gasteiger partial charge in [0.15, 0.2) is 0 Å². The summed E-state index contributed by atoms with van der Waals surface area (Å²) < 4.78 is 0. The summed E-state index contributed by atoms with van der Waals surface area (Å²) in [5.74, 6) is -0.161. The summed E-state index contributed by atoms with van der Waals surface area (Å²) in [4.78, 5) is 25.6. The molecule has 1 aromatic carbocycles. The van der Waals surface area contributed by atoms with Crippen LogP contribution in [-0.2, 0) is 9.59 Å². The fourth-order valence-corrected chi connectivity index (χ4v) is 2.34. The second-order valence-corrected chi connectivity index (χ2v) is 6.00. The highest BCUT2D eigenvalue weighted by Crippen LogP contribution is 2.17. The largest absolute Gasteiger partial charge is 0.336 e. The topological polar surface area (TPSA) is 75.4 Å². The first-order valence-electron chi connectivity index (χ1n) is 8.25. The van der Waals surface area contributed by atoms with Gasteiger partial charge in [-0.3, -0.25) is 9.59 Å². The van der Waals surface area contributed by atoms with Crippen molar-refractivity contribution in [1.29, 1.82) is 0 Å². The van der Waals surface area contributed by atoms with Crippen molar-refractivity contribution in [2.24, 2.45) is 5.73 Å². The Bertz CT molecular complexity index is 535. The average molecular weight is 356 g/mol. The quantitative estimate of drug-likeness (QED) is 0.668. The normalized spacial score (nSPS) is 10.0. The van der Waals surface area contributed by atoms with Crippen molar-refractivity contribution < 1.29 is 9.59 Å². The van der Waals surface area contributed by atoms with Crippen LogP contribution in [0.1, 0.15) is 43.2 Å². The molecule has 1 rings (SSSR count). The molecule has 0 saturated carbocycles. The summed E-state index contributed by atoms with van der Waals surface area (Å²) in [6, 6.07) is 5.79. The van der Waals surface area contributed by atoms with E-state index in [-0.39, 0.29) is 30.8 Å². The number of unbranched alkanes of at least 4 members (excludes halogenated alkanes) is 3. The Morgan fingerprint density at radius 3 is 2.46 bits per heavy atom. The van der Waals surface area contributed by atoms with Crippen LogP contribution in [-0.4, -0.2) is 36.9 Å². The van der Waals surface area contributed by atoms with E-state index in [9.17, 15) is 9.59 Å². The number of anilines is 1. The van der Waals surface area contributed by atoms with Gasteiger partial charge in [-0.15, -0.1) is 12.4 Å². The average Bonchev–Trinajstić information content (AvgIpc) is 2.51. The predicted molar refractivity (Wildman–Crippen MR) is 102 cm³/mol. The van der Waals surface area contributed by atoms with Crippen molar-refractivity contribution in [3.05, 3.63) is 29.3 Å². The molecule has 0 fully saturated rings. The van der Waals surface area contributed by atoms with Crippen LogP contribution in [0, 0.1) is 13.8 Å². The van der Waals surface area contributed by atoms with E-state index < -0.39 is 0 Å². The van der Waals surface area contributed by atoms with Crippen molar-refractivity contribution in [3.63, 3.8) is 0 Å². The minimum atomic E-state index is -0.169. The molecular formula is C18H30ClN3O2. The molecule has 0 aliphatic carbocycles. The number of carbonyl (C=O) groups is 2. The van der Waals surface area contributed by atoms with Gasteiger partial charge >= 0.3 is 0 Å². The molecule has 5 nitrogen and oxygen atoms in total. The number of carbonyl (C=O) groups excluding carboxylic acids is 2. The molecule has 3 N–H and O–H groups in total. The molecule has 0 unspecified atom stereocenters. The van der Waals surface area contributed by atoms with Gasteiger partial charge in [0.25, 0.3) is 0 Å². The second-order valence-electron chi connectivity index (χ2n) is 6.00. The van der Waals surface area contributed by atoms with Crippen LogP contribution >= 0.6 is 12.4 Å². The van der Waals surface area contributed by atoms with Crippen LogP contribution in [0.4, 0.5) is 5.69 Å². The van der Waals surface area contributed by atoms with Gasteiger partial charge in [-0.05, 0) is 50.4 Å². The second kappa shape index (κ2) is 11.9. The number of hydrogen-bond acceptors (Lipinski definition) is 3. The van der Waals surface area contributed by atoms with Crippen LogP contribution in [0.3, 0.4) is 0 Å². The zero-order valence-electron chi connectivity index (χ0n) is 14.9. The number of nitrogens with two attached hydrogens (primary N) is 1. The summed E-state index contributed by atoms with van der Waals surface area (Å²) in [6.45, 7) is 4.76. The van der Waals surface area contributed by atoms with Crippen LogP contribution < -0.4 is 11.1 Å². The van der Waals surface area contributed by atoms with Crippen molar-refractivity contribution in [2.45, 2.75) is 46.0 Å². The molecule has 136 valence electrons. The van der Waals surface area contributed by atoms with E-state index in [2.05, 4.69) is 5.32 Å². The van der Waals surface area contributed by atoms with Gasteiger partial charge in [-0.25, -0.2) is 0 Å². The molecule has 0 radical (unpaired) electrons. The van der Waals surface area contributed by atoms with Crippen LogP contribution in [0.2, 0.25) is 0 Å². The summed E-state index contributed by atoms with van der Waals surface area (Å²) in [5, 5.41) is 2.87. The summed E-state index contributed by atoms with van der Waals surface area (Å²) in [6.07, 6.45) is 4.40. The lowest BCUT2D eigenvalue weighted by atomic mass is 10.1. The number of halogens is 1. The standard InChI is InChI=1S/C18H29N3O2.ClH/c1-14-9-8-10-16(15(14)2)20-17(22)13-21(3)18(23)11-6-4-5-7-12-19;/h8-10H,4-7,11-13,19H2,1-3H3,(H,20,22);1H. The predicted octanol–water partition coefficient (Wildman–Crippen LogP) is 3.03. The first-order valence-corrected chi connectivity index (χ1v) is 8.25. The van der Waals surface area contributed by atoms with Gasteiger partial charge < -0.3 is 16.0 Å². The van der Waals surface area contributed by atoms with Gasteiger partial charge in [0.1, 0.15) is 0 Å². The number of aryl methyl sites for hydroxylation is 1. The van der Waals surface area contributed by atoms with E-state index in [4.69, 9.17) is 5.73 Å². The molecule has 0 atom stereocenters. The maximum atomic E-state index is 12.1. The molecule has 1 aromatic rings. The molecule has 0 heterocycles. The number of hydrogen-bond donors (Lipinski definition) is 2. The van der Waals surface area contributed by atoms with Crippen molar-refractivity contribution >= 4 is 29.9 Å². The van der Waals surface area contributed by atoms with E-state index in [1.807, 2.05) is 32.0 Å². The van der Waals surface area contributed by atoms with Gasteiger partial charge in [-0.2, -0.15) is 0 Å². The maximum Gasteiger partial charge on any atom is 0.243 e. The number of benzene rings is 1. The SMILES string of the molecule is Cc1cccc(NC(=O)CN(C)C(=O)CCCCCCN)c1C.Cl. The number of nitrogens with zero attached hydrogens (tertiary/aromatic N) is 1. The molecule has 6 heteroatoms. The Hall–Kier alpha value is -1.59. The van der Waals surface area contributed by atoms with E-state index >= 15 is 0 Å². The smallest absolute Gasteiger partial charge is 0.243 e. The minimum absolute atomic E-state index is 0. The first kappa shape index (κ1) is 22.4. The van der Waals surface area contributed by atoms with Crippen LogP contribution in [0.15, 0.2) is 18.2 Å². The number of nitrogens with one attached hydrogen (secondary N) is 1. The fourth-order valence-electron chi connectivity index (χ4n) is 2.34. The molecule has 2 amide bonds. The molecule has 0 saturated heterocycles. The third-order valence-corrected chi connectivity index (χ3v) is 4.03. The third kappa shape index (κ3) is 7.79. The first-order chi connectivity index (χ1) is 11.0. The van der Waals surface area contributed by atoms with Gasteiger partial charge in [0, 0.05) is 19.2 Å². The third-order valence-electron chi connectivity index (χ3n) is 4.03. The highest BCUT2D eigenvalue weighted by molar-refractivity contribution is 5.95. The molecular weight excluding hydrogens is 326 g/mol. The summed E-state index contributed by atoms with van der Waals surface area (Å²) >= 11 is 0. The highest BCUT2D eigenvalue weighted by Gasteiger charge is 2.13. The Kier molecular flexibility index (Phi) is 11.1. The Morgan fingerprint density at radius 2 is 1.79 bits per heavy atom. The molecule has 0 aromatic heterocycles. The Labute approximate surface area is 151 Å². The zero-order chi connectivity index (χ0) is 17.2. The number of amides is 2. The van der Waals surface area contributed by atoms with Crippen LogP contribution in [0.25, 0.3) is 0 Å². The molecule has 0 aliphatic rings. The van der Waals surface area contributed by atoms with Crippen molar-refractivity contribution in [3.8, 4) is 0 Å². The number of rotatable bonds is 9. The lowest BCUT2D eigenvalue weighted by Gasteiger charge is -2.17. The highest BCUT2D eigenvalue weighted by atomic mass is 35.5. The maximum absolute atomic E-state index is 12.1. The summed E-state index contributed by atoms with van der Waals surface area (Å²) in [7, 11) is 1.67. The molecule has 0 spiro atoms. The zero-order valence-corrected chi connectivity index (χ0v) is 15.7. The fraction of sp³-hybridized carbons (Fsp3) is 0.556. The Balaban J connectivity index is 0.00000529. The van der Waals surface area contributed by atoms with Crippen molar-refractivity contribution in [1.82, 2.24) is 4.90 Å². The summed E-state index contributed by atoms with van der Waals surface area (Å²) in [5.41, 5.74) is 8.42. The Morgan fingerprint density at radius 1 is 1.12 bits per heavy atom. The van der Waals surface area contributed by atoms with E-state index in [1.165, 1.54) is 4.90 Å². The van der Waals surface area contributed by atoms with Gasteiger partial charge in [0.2, 0.25) is 11.8 Å². The molecule has 0 bridgehead atoms. The lowest BCUT2D eigenvalue weighted by Crippen LogP contribution is -2.34. The molecule has 0 aliphatic heterocycles. The van der Waals surface area contributed by atoms with Crippen LogP contribution in [0.5, 0.6) is 0 Å². The van der Waals surface area contributed by atoms with Gasteiger partial charge in [0.05, 0.1) is 6.54 Å². The molecule has 24 heavy (non-hydrogen) atoms. The minimum Gasteiger partial charge on any atom is -0.336 e. The monoisotopic (exact) mass is 355 g/mol. The van der Waals surface area contributed by atoms with E-state index in [0.29, 0.717) is 13.0 Å². The van der Waals surface area contributed by atoms with E-state index in [1.54, 1.807) is 7.05 Å². The number of likely N-dealkylation sites (N-methyl/N-ethyl adjacent to an activating group) is 1. The van der Waals surface area contributed by atoms with Gasteiger partial charge in [-0.1, -0.05) is 25.0 Å².